The van der Waals surface area contributed by atoms with Crippen LogP contribution in [0.4, 0.5) is 5.69 Å². The van der Waals surface area contributed by atoms with Crippen molar-refractivity contribution in [1.82, 2.24) is 4.90 Å². The molecule has 0 radical (unpaired) electrons. The third-order valence-electron chi connectivity index (χ3n) is 4.09. The molecular formula is C16H22N2O3. The average Bonchev–Trinajstić information content (AvgIpc) is 3.03. The zero-order valence-electron chi connectivity index (χ0n) is 12.2. The lowest BCUT2D eigenvalue weighted by molar-refractivity contribution is -0.119. The summed E-state index contributed by atoms with van der Waals surface area (Å²) in [4.78, 5) is 14.2. The van der Waals surface area contributed by atoms with E-state index in [0.717, 1.165) is 31.6 Å². The topological polar surface area (TPSA) is 50.8 Å². The first kappa shape index (κ1) is 14.5. The van der Waals surface area contributed by atoms with E-state index in [2.05, 4.69) is 10.2 Å². The van der Waals surface area contributed by atoms with Gasteiger partial charge in [-0.3, -0.25) is 9.69 Å². The van der Waals surface area contributed by atoms with Gasteiger partial charge in [0.1, 0.15) is 0 Å². The van der Waals surface area contributed by atoms with Gasteiger partial charge in [0.05, 0.1) is 19.8 Å². The maximum Gasteiger partial charge on any atom is 0.238 e. The van der Waals surface area contributed by atoms with Gasteiger partial charge in [0, 0.05) is 11.6 Å². The summed E-state index contributed by atoms with van der Waals surface area (Å²) in [6.07, 6.45) is 2.04. The van der Waals surface area contributed by atoms with E-state index in [9.17, 15) is 4.79 Å². The Hall–Kier alpha value is -1.43. The summed E-state index contributed by atoms with van der Waals surface area (Å²) in [5, 5.41) is 2.93. The average molecular weight is 290 g/mol. The molecule has 5 nitrogen and oxygen atoms in total. The molecule has 3 rings (SSSR count). The van der Waals surface area contributed by atoms with Gasteiger partial charge < -0.3 is 14.8 Å². The highest BCUT2D eigenvalue weighted by Crippen LogP contribution is 2.25. The number of carbonyl (C=O) groups is 1. The van der Waals surface area contributed by atoms with Crippen LogP contribution in [0, 0.1) is 5.92 Å². The number of nitrogens with zero attached hydrogens (tertiary/aromatic N) is 1. The number of likely N-dealkylation sites (tertiary alicyclic amines) is 1. The first-order chi connectivity index (χ1) is 10.3. The smallest absolute Gasteiger partial charge is 0.238 e. The lowest BCUT2D eigenvalue weighted by atomic mass is 9.96. The fourth-order valence-corrected chi connectivity index (χ4v) is 2.96. The number of amides is 1. The molecule has 21 heavy (non-hydrogen) atoms. The monoisotopic (exact) mass is 290 g/mol. The Bertz CT molecular complexity index is 452. The standard InChI is InChI=1S/C16H22N2O3/c19-15(17-14-4-2-1-3-5-14)12-18-8-6-13(7-9-18)16-20-10-11-21-16/h1-5,13,16H,6-12H2,(H,17,19). The van der Waals surface area contributed by atoms with Crippen molar-refractivity contribution in [3.63, 3.8) is 0 Å². The van der Waals surface area contributed by atoms with Crippen LogP contribution < -0.4 is 5.32 Å². The molecule has 0 atom stereocenters. The molecule has 1 aromatic carbocycles. The fraction of sp³-hybridized carbons (Fsp3) is 0.562. The van der Waals surface area contributed by atoms with E-state index in [1.807, 2.05) is 30.3 Å². The molecule has 0 spiro atoms. The van der Waals surface area contributed by atoms with Gasteiger partial charge in [-0.05, 0) is 38.1 Å². The van der Waals surface area contributed by atoms with Crippen LogP contribution in [0.1, 0.15) is 12.8 Å². The number of nitrogens with one attached hydrogen (secondary N) is 1. The number of hydrogen-bond donors (Lipinski definition) is 1. The highest BCUT2D eigenvalue weighted by Gasteiger charge is 2.30. The molecule has 2 fully saturated rings. The lowest BCUT2D eigenvalue weighted by Crippen LogP contribution is -2.41. The number of benzene rings is 1. The normalized spacial score (nSPS) is 21.5. The van der Waals surface area contributed by atoms with E-state index < -0.39 is 0 Å². The van der Waals surface area contributed by atoms with Gasteiger partial charge >= 0.3 is 0 Å². The van der Waals surface area contributed by atoms with Gasteiger partial charge in [0.2, 0.25) is 5.91 Å². The van der Waals surface area contributed by atoms with Crippen LogP contribution in [0.15, 0.2) is 30.3 Å². The van der Waals surface area contributed by atoms with E-state index in [1.54, 1.807) is 0 Å². The Morgan fingerprint density at radius 3 is 2.48 bits per heavy atom. The minimum absolute atomic E-state index is 0.0229. The number of anilines is 1. The Kier molecular flexibility index (Phi) is 4.85. The van der Waals surface area contributed by atoms with Gasteiger partial charge in [-0.2, -0.15) is 0 Å². The summed E-state index contributed by atoms with van der Waals surface area (Å²) in [7, 11) is 0. The van der Waals surface area contributed by atoms with Crippen LogP contribution in [-0.2, 0) is 14.3 Å². The maximum absolute atomic E-state index is 12.0. The summed E-state index contributed by atoms with van der Waals surface area (Å²) in [6, 6.07) is 9.58. The zero-order valence-corrected chi connectivity index (χ0v) is 12.2. The molecule has 0 aliphatic carbocycles. The molecule has 1 amide bonds. The molecule has 0 unspecified atom stereocenters. The summed E-state index contributed by atoms with van der Waals surface area (Å²) in [5.41, 5.74) is 0.852. The number of para-hydroxylation sites is 1. The van der Waals surface area contributed by atoms with E-state index in [0.29, 0.717) is 25.7 Å². The van der Waals surface area contributed by atoms with Gasteiger partial charge in [-0.15, -0.1) is 0 Å². The largest absolute Gasteiger partial charge is 0.350 e. The summed E-state index contributed by atoms with van der Waals surface area (Å²) >= 11 is 0. The molecular weight excluding hydrogens is 268 g/mol. The Labute approximate surface area is 125 Å². The van der Waals surface area contributed by atoms with E-state index in [-0.39, 0.29) is 12.2 Å². The molecule has 2 saturated heterocycles. The van der Waals surface area contributed by atoms with Crippen molar-refractivity contribution < 1.29 is 14.3 Å². The molecule has 0 saturated carbocycles. The van der Waals surface area contributed by atoms with E-state index in [1.165, 1.54) is 0 Å². The molecule has 0 aromatic heterocycles. The second kappa shape index (κ2) is 7.02. The second-order valence-electron chi connectivity index (χ2n) is 5.64. The highest BCUT2D eigenvalue weighted by molar-refractivity contribution is 5.92. The third kappa shape index (κ3) is 4.03. The number of piperidine rings is 1. The van der Waals surface area contributed by atoms with Gasteiger partial charge in [-0.1, -0.05) is 18.2 Å². The summed E-state index contributed by atoms with van der Waals surface area (Å²) < 4.78 is 11.1. The number of hydrogen-bond acceptors (Lipinski definition) is 4. The molecule has 114 valence electrons. The Morgan fingerprint density at radius 2 is 1.81 bits per heavy atom. The summed E-state index contributed by atoms with van der Waals surface area (Å²) in [6.45, 7) is 3.73. The van der Waals surface area contributed by atoms with Crippen LogP contribution in [-0.4, -0.2) is 49.9 Å². The first-order valence-corrected chi connectivity index (χ1v) is 7.62. The van der Waals surface area contributed by atoms with Gasteiger partial charge in [0.15, 0.2) is 6.29 Å². The zero-order chi connectivity index (χ0) is 14.5. The van der Waals surface area contributed by atoms with Crippen molar-refractivity contribution >= 4 is 11.6 Å². The molecule has 2 aliphatic heterocycles. The van der Waals surface area contributed by atoms with Crippen molar-refractivity contribution in [1.29, 1.82) is 0 Å². The summed E-state index contributed by atoms with van der Waals surface area (Å²) in [5.74, 6) is 0.522. The Balaban J connectivity index is 1.41. The van der Waals surface area contributed by atoms with Crippen molar-refractivity contribution in [3.05, 3.63) is 30.3 Å². The molecule has 2 aliphatic rings. The van der Waals surface area contributed by atoms with E-state index in [4.69, 9.17) is 9.47 Å². The van der Waals surface area contributed by atoms with Crippen molar-refractivity contribution in [2.75, 3.05) is 38.2 Å². The van der Waals surface area contributed by atoms with Crippen molar-refractivity contribution in [2.24, 2.45) is 5.92 Å². The lowest BCUT2D eigenvalue weighted by Gasteiger charge is -2.33. The SMILES string of the molecule is O=C(CN1CCC(C2OCCO2)CC1)Nc1ccccc1. The fourth-order valence-electron chi connectivity index (χ4n) is 2.96. The third-order valence-corrected chi connectivity index (χ3v) is 4.09. The highest BCUT2D eigenvalue weighted by atomic mass is 16.7. The quantitative estimate of drug-likeness (QED) is 0.917. The van der Waals surface area contributed by atoms with Crippen LogP contribution >= 0.6 is 0 Å². The first-order valence-electron chi connectivity index (χ1n) is 7.62. The maximum atomic E-state index is 12.0. The Morgan fingerprint density at radius 1 is 1.14 bits per heavy atom. The van der Waals surface area contributed by atoms with Crippen molar-refractivity contribution in [3.8, 4) is 0 Å². The second-order valence-corrected chi connectivity index (χ2v) is 5.64. The predicted octanol–water partition coefficient (Wildman–Crippen LogP) is 1.71. The molecule has 1 aromatic rings. The molecule has 0 bridgehead atoms. The van der Waals surface area contributed by atoms with E-state index >= 15 is 0 Å². The minimum atomic E-state index is -0.0229. The van der Waals surface area contributed by atoms with Crippen molar-refractivity contribution in [2.45, 2.75) is 19.1 Å². The number of rotatable bonds is 4. The van der Waals surface area contributed by atoms with Crippen LogP contribution in [0.5, 0.6) is 0 Å². The molecule has 1 N–H and O–H groups in total. The number of carbonyl (C=O) groups excluding carboxylic acids is 1. The minimum Gasteiger partial charge on any atom is -0.350 e. The van der Waals surface area contributed by atoms with Gasteiger partial charge in [-0.25, -0.2) is 0 Å². The van der Waals surface area contributed by atoms with Crippen LogP contribution in [0.25, 0.3) is 0 Å². The van der Waals surface area contributed by atoms with Gasteiger partial charge in [0.25, 0.3) is 0 Å². The van der Waals surface area contributed by atoms with Crippen LogP contribution in [0.2, 0.25) is 0 Å². The van der Waals surface area contributed by atoms with Crippen LogP contribution in [0.3, 0.4) is 0 Å². The molecule has 5 heteroatoms. The predicted molar refractivity (Wildman–Crippen MR) is 79.9 cm³/mol. The number of ether oxygens (including phenoxy) is 2. The molecule has 2 heterocycles.